The van der Waals surface area contributed by atoms with Gasteiger partial charge in [-0.25, -0.2) is 0 Å². The van der Waals surface area contributed by atoms with E-state index in [2.05, 4.69) is 18.7 Å². The van der Waals surface area contributed by atoms with Crippen LogP contribution >= 0.6 is 0 Å². The lowest BCUT2D eigenvalue weighted by Gasteiger charge is -2.27. The first-order chi connectivity index (χ1) is 16.4. The number of aryl methyl sites for hydroxylation is 2. The molecule has 4 rings (SSSR count). The molecule has 0 aromatic heterocycles. The summed E-state index contributed by atoms with van der Waals surface area (Å²) in [5, 5.41) is 11.2. The molecule has 1 fully saturated rings. The van der Waals surface area contributed by atoms with Crippen molar-refractivity contribution in [3.63, 3.8) is 0 Å². The van der Waals surface area contributed by atoms with Crippen LogP contribution in [0.15, 0.2) is 78.4 Å². The van der Waals surface area contributed by atoms with E-state index in [9.17, 15) is 14.7 Å². The molecule has 5 heteroatoms. The van der Waals surface area contributed by atoms with Crippen LogP contribution in [0.2, 0.25) is 0 Å². The van der Waals surface area contributed by atoms with Crippen molar-refractivity contribution in [3.05, 3.63) is 101 Å². The lowest BCUT2D eigenvalue weighted by Crippen LogP contribution is -2.30. The highest BCUT2D eigenvalue weighted by Crippen LogP contribution is 2.43. The minimum atomic E-state index is -0.721. The smallest absolute Gasteiger partial charge is 0.300 e. The molecular formula is C29H30N2O3. The van der Waals surface area contributed by atoms with Gasteiger partial charge in [0, 0.05) is 30.0 Å². The van der Waals surface area contributed by atoms with Crippen LogP contribution in [0.4, 0.5) is 11.4 Å². The van der Waals surface area contributed by atoms with Gasteiger partial charge in [0.15, 0.2) is 0 Å². The molecule has 34 heavy (non-hydrogen) atoms. The van der Waals surface area contributed by atoms with Crippen molar-refractivity contribution >= 4 is 28.8 Å². The molecule has 0 bridgehead atoms. The second kappa shape index (κ2) is 9.56. The zero-order chi connectivity index (χ0) is 24.4. The highest BCUT2D eigenvalue weighted by atomic mass is 16.3. The van der Waals surface area contributed by atoms with Gasteiger partial charge >= 0.3 is 0 Å². The summed E-state index contributed by atoms with van der Waals surface area (Å²) in [4.78, 5) is 30.4. The van der Waals surface area contributed by atoms with Crippen LogP contribution < -0.4 is 9.80 Å². The number of Topliss-reactive ketones (excluding diaryl/α,β-unsaturated/α-hetero) is 1. The van der Waals surface area contributed by atoms with Gasteiger partial charge in [-0.05, 0) is 63.1 Å². The number of hydrogen-bond acceptors (Lipinski definition) is 4. The highest BCUT2D eigenvalue weighted by Gasteiger charge is 2.47. The molecule has 3 aromatic rings. The van der Waals surface area contributed by atoms with Crippen LogP contribution in [0.5, 0.6) is 0 Å². The highest BCUT2D eigenvalue weighted by molar-refractivity contribution is 6.51. The molecule has 1 saturated heterocycles. The molecule has 5 nitrogen and oxygen atoms in total. The van der Waals surface area contributed by atoms with Gasteiger partial charge in [-0.2, -0.15) is 0 Å². The second-order valence-electron chi connectivity index (χ2n) is 8.58. The van der Waals surface area contributed by atoms with Crippen LogP contribution in [0.1, 0.15) is 42.1 Å². The molecule has 1 aliphatic heterocycles. The quantitative estimate of drug-likeness (QED) is 0.292. The molecule has 0 saturated carbocycles. The molecule has 1 aliphatic rings. The van der Waals surface area contributed by atoms with Crippen LogP contribution in [0.25, 0.3) is 5.76 Å². The topological polar surface area (TPSA) is 60.9 Å². The van der Waals surface area contributed by atoms with Gasteiger partial charge in [-0.15, -0.1) is 0 Å². The van der Waals surface area contributed by atoms with Gasteiger partial charge in [0.2, 0.25) is 0 Å². The minimum absolute atomic E-state index is 0.107. The van der Waals surface area contributed by atoms with Crippen molar-refractivity contribution in [2.45, 2.75) is 33.7 Å². The Morgan fingerprint density at radius 2 is 1.50 bits per heavy atom. The van der Waals surface area contributed by atoms with Crippen molar-refractivity contribution in [2.24, 2.45) is 0 Å². The number of ketones is 1. The Hall–Kier alpha value is -3.86. The fourth-order valence-electron chi connectivity index (χ4n) is 4.57. The number of carbonyl (C=O) groups excluding carboxylic acids is 2. The number of nitrogens with zero attached hydrogens (tertiary/aromatic N) is 2. The van der Waals surface area contributed by atoms with E-state index in [0.717, 1.165) is 35.5 Å². The minimum Gasteiger partial charge on any atom is -0.507 e. The lowest BCUT2D eigenvalue weighted by molar-refractivity contribution is -0.132. The SMILES string of the molecule is CCN(CC)c1ccc(N2C(=O)C(=O)/C(=C(/O)c3ccc(C)cc3)C2c2ccccc2C)cc1. The monoisotopic (exact) mass is 454 g/mol. The van der Waals surface area contributed by atoms with Gasteiger partial charge in [-0.1, -0.05) is 54.1 Å². The average Bonchev–Trinajstić information content (AvgIpc) is 3.11. The van der Waals surface area contributed by atoms with Gasteiger partial charge < -0.3 is 10.0 Å². The zero-order valence-corrected chi connectivity index (χ0v) is 20.1. The average molecular weight is 455 g/mol. The van der Waals surface area contributed by atoms with Gasteiger partial charge in [-0.3, -0.25) is 14.5 Å². The number of rotatable bonds is 6. The molecule has 1 unspecified atom stereocenters. The van der Waals surface area contributed by atoms with Crippen molar-refractivity contribution in [3.8, 4) is 0 Å². The Balaban J connectivity index is 1.88. The molecule has 1 heterocycles. The van der Waals surface area contributed by atoms with Crippen molar-refractivity contribution in [1.82, 2.24) is 0 Å². The molecule has 1 amide bonds. The Morgan fingerprint density at radius 3 is 2.09 bits per heavy atom. The van der Waals surface area contributed by atoms with Crippen molar-refractivity contribution in [2.75, 3.05) is 22.9 Å². The number of anilines is 2. The van der Waals surface area contributed by atoms with E-state index in [1.165, 1.54) is 4.90 Å². The molecular weight excluding hydrogens is 424 g/mol. The van der Waals surface area contributed by atoms with Gasteiger partial charge in [0.25, 0.3) is 11.7 Å². The molecule has 1 N–H and O–H groups in total. The second-order valence-corrected chi connectivity index (χ2v) is 8.58. The van der Waals surface area contributed by atoms with Crippen LogP contribution in [0, 0.1) is 13.8 Å². The molecule has 0 aliphatic carbocycles. The molecule has 0 radical (unpaired) electrons. The maximum atomic E-state index is 13.4. The van der Waals surface area contributed by atoms with Crippen molar-refractivity contribution in [1.29, 1.82) is 0 Å². The summed E-state index contributed by atoms with van der Waals surface area (Å²) in [6, 6.07) is 21.9. The van der Waals surface area contributed by atoms with Crippen LogP contribution in [-0.2, 0) is 9.59 Å². The Bertz CT molecular complexity index is 1240. The Kier molecular flexibility index (Phi) is 6.55. The summed E-state index contributed by atoms with van der Waals surface area (Å²) in [6.07, 6.45) is 0. The van der Waals surface area contributed by atoms with E-state index < -0.39 is 17.7 Å². The van der Waals surface area contributed by atoms with Gasteiger partial charge in [0.1, 0.15) is 5.76 Å². The van der Waals surface area contributed by atoms with Crippen LogP contribution in [0.3, 0.4) is 0 Å². The van der Waals surface area contributed by atoms with Gasteiger partial charge in [0.05, 0.1) is 11.6 Å². The number of amides is 1. The third-order valence-electron chi connectivity index (χ3n) is 6.51. The predicted molar refractivity (Wildman–Crippen MR) is 137 cm³/mol. The zero-order valence-electron chi connectivity index (χ0n) is 20.1. The number of hydrogen-bond donors (Lipinski definition) is 1. The maximum absolute atomic E-state index is 13.4. The van der Waals surface area contributed by atoms with Crippen LogP contribution in [-0.4, -0.2) is 29.9 Å². The fourth-order valence-corrected chi connectivity index (χ4v) is 4.57. The van der Waals surface area contributed by atoms with E-state index in [1.54, 1.807) is 12.1 Å². The first kappa shape index (κ1) is 23.3. The number of aliphatic hydroxyl groups excluding tert-OH is 1. The summed E-state index contributed by atoms with van der Waals surface area (Å²) < 4.78 is 0. The third kappa shape index (κ3) is 4.10. The summed E-state index contributed by atoms with van der Waals surface area (Å²) in [6.45, 7) is 9.85. The first-order valence-electron chi connectivity index (χ1n) is 11.7. The molecule has 0 spiro atoms. The maximum Gasteiger partial charge on any atom is 0.300 e. The summed E-state index contributed by atoms with van der Waals surface area (Å²) in [5.41, 5.74) is 5.08. The van der Waals surface area contributed by atoms with E-state index in [1.807, 2.05) is 74.5 Å². The van der Waals surface area contributed by atoms with E-state index >= 15 is 0 Å². The Labute approximate surface area is 201 Å². The van der Waals surface area contributed by atoms with E-state index in [4.69, 9.17) is 0 Å². The predicted octanol–water partition coefficient (Wildman–Crippen LogP) is 5.78. The lowest BCUT2D eigenvalue weighted by atomic mass is 9.92. The molecule has 1 atom stereocenters. The first-order valence-corrected chi connectivity index (χ1v) is 11.7. The number of benzene rings is 3. The van der Waals surface area contributed by atoms with E-state index in [0.29, 0.717) is 11.3 Å². The summed E-state index contributed by atoms with van der Waals surface area (Å²) in [7, 11) is 0. The fraction of sp³-hybridized carbons (Fsp3) is 0.241. The number of aliphatic hydroxyl groups is 1. The molecule has 3 aromatic carbocycles. The summed E-state index contributed by atoms with van der Waals surface area (Å²) in [5.74, 6) is -1.48. The van der Waals surface area contributed by atoms with E-state index in [-0.39, 0.29) is 11.3 Å². The number of carbonyl (C=O) groups is 2. The normalized spacial score (nSPS) is 17.3. The van der Waals surface area contributed by atoms with Crippen molar-refractivity contribution < 1.29 is 14.7 Å². The third-order valence-corrected chi connectivity index (χ3v) is 6.51. The summed E-state index contributed by atoms with van der Waals surface area (Å²) >= 11 is 0. The standard InChI is InChI=1S/C29H30N2O3/c1-5-30(6-2)22-15-17-23(18-16-22)31-26(24-10-8-7-9-20(24)4)25(28(33)29(31)34)27(32)21-13-11-19(3)12-14-21/h7-18,26,32H,5-6H2,1-4H3/b27-25+. The largest absolute Gasteiger partial charge is 0.507 e. The Morgan fingerprint density at radius 1 is 0.882 bits per heavy atom. The molecule has 174 valence electrons.